The summed E-state index contributed by atoms with van der Waals surface area (Å²) in [5.74, 6) is -0.738. The normalized spacial score (nSPS) is 12.6. The zero-order valence-corrected chi connectivity index (χ0v) is 8.35. The molecule has 0 aliphatic rings. The van der Waals surface area contributed by atoms with Crippen LogP contribution in [0.15, 0.2) is 12.3 Å². The van der Waals surface area contributed by atoms with E-state index in [2.05, 4.69) is 24.1 Å². The van der Waals surface area contributed by atoms with Gasteiger partial charge in [-0.15, -0.1) is 0 Å². The average molecular weight is 200 g/mol. The number of pyridine rings is 1. The predicted octanol–water partition coefficient (Wildman–Crippen LogP) is 2.82. The smallest absolute Gasteiger partial charge is 0.168 e. The molecule has 2 nitrogen and oxygen atoms in total. The summed E-state index contributed by atoms with van der Waals surface area (Å²) < 4.78 is 25.5. The van der Waals surface area contributed by atoms with Gasteiger partial charge in [0.25, 0.3) is 0 Å². The summed E-state index contributed by atoms with van der Waals surface area (Å²) >= 11 is 0. The highest BCUT2D eigenvalue weighted by atomic mass is 19.1. The summed E-state index contributed by atoms with van der Waals surface area (Å²) in [6, 6.07) is 0.825. The molecule has 0 spiro atoms. The first kappa shape index (κ1) is 10.9. The van der Waals surface area contributed by atoms with Crippen molar-refractivity contribution in [2.45, 2.75) is 20.3 Å². The molecule has 0 saturated carbocycles. The molecule has 1 heterocycles. The van der Waals surface area contributed by atoms with E-state index >= 15 is 0 Å². The van der Waals surface area contributed by atoms with Gasteiger partial charge in [-0.2, -0.15) is 0 Å². The quantitative estimate of drug-likeness (QED) is 0.808. The van der Waals surface area contributed by atoms with Crippen molar-refractivity contribution in [3.63, 3.8) is 0 Å². The number of anilines is 1. The number of nitrogens with zero attached hydrogens (tertiary/aromatic N) is 1. The van der Waals surface area contributed by atoms with Gasteiger partial charge in [0.15, 0.2) is 11.6 Å². The Bertz CT molecular complexity index is 302. The molecule has 0 fully saturated rings. The van der Waals surface area contributed by atoms with Crippen LogP contribution in [0.3, 0.4) is 0 Å². The van der Waals surface area contributed by atoms with Gasteiger partial charge in [-0.05, 0) is 5.92 Å². The van der Waals surface area contributed by atoms with Gasteiger partial charge < -0.3 is 5.32 Å². The summed E-state index contributed by atoms with van der Waals surface area (Å²) in [5, 5.41) is 2.84. The van der Waals surface area contributed by atoms with E-state index in [0.717, 1.165) is 18.7 Å². The lowest BCUT2D eigenvalue weighted by Gasteiger charge is -2.10. The fourth-order valence-corrected chi connectivity index (χ4v) is 0.960. The molecule has 0 radical (unpaired) electrons. The molecular formula is C10H14F2N2. The number of rotatable bonds is 4. The minimum Gasteiger partial charge on any atom is -0.367 e. The molecule has 14 heavy (non-hydrogen) atoms. The van der Waals surface area contributed by atoms with Crippen LogP contribution >= 0.6 is 0 Å². The van der Waals surface area contributed by atoms with Crippen LogP contribution < -0.4 is 5.32 Å². The number of aromatic nitrogens is 1. The molecule has 78 valence electrons. The van der Waals surface area contributed by atoms with E-state index in [1.54, 1.807) is 0 Å². The maximum atomic E-state index is 13.0. The summed E-state index contributed by atoms with van der Waals surface area (Å²) in [5.41, 5.74) is 0. The monoisotopic (exact) mass is 200 g/mol. The maximum Gasteiger partial charge on any atom is 0.168 e. The second-order valence-electron chi connectivity index (χ2n) is 3.38. The third kappa shape index (κ3) is 2.94. The van der Waals surface area contributed by atoms with Crippen molar-refractivity contribution in [1.29, 1.82) is 0 Å². The van der Waals surface area contributed by atoms with Crippen molar-refractivity contribution in [2.75, 3.05) is 11.9 Å². The highest BCUT2D eigenvalue weighted by Crippen LogP contribution is 2.12. The van der Waals surface area contributed by atoms with Crippen LogP contribution in [0, 0.1) is 17.6 Å². The second-order valence-corrected chi connectivity index (χ2v) is 3.38. The Hall–Kier alpha value is -1.19. The van der Waals surface area contributed by atoms with Crippen LogP contribution in [-0.4, -0.2) is 11.5 Å². The molecular weight excluding hydrogens is 186 g/mol. The Morgan fingerprint density at radius 2 is 2.21 bits per heavy atom. The van der Waals surface area contributed by atoms with E-state index in [0.29, 0.717) is 12.5 Å². The minimum atomic E-state index is -0.656. The Morgan fingerprint density at radius 3 is 2.79 bits per heavy atom. The Morgan fingerprint density at radius 1 is 1.50 bits per heavy atom. The van der Waals surface area contributed by atoms with Gasteiger partial charge in [-0.1, -0.05) is 20.3 Å². The molecule has 0 amide bonds. The first-order chi connectivity index (χ1) is 6.63. The summed E-state index contributed by atoms with van der Waals surface area (Å²) in [7, 11) is 0. The molecule has 0 saturated heterocycles. The molecule has 0 bridgehead atoms. The number of hydrogen-bond donors (Lipinski definition) is 1. The molecule has 1 aromatic heterocycles. The Labute approximate surface area is 82.4 Å². The molecule has 1 N–H and O–H groups in total. The van der Waals surface area contributed by atoms with Gasteiger partial charge in [0.1, 0.15) is 5.82 Å². The van der Waals surface area contributed by atoms with Crippen LogP contribution in [0.4, 0.5) is 14.6 Å². The molecule has 0 aliphatic carbocycles. The van der Waals surface area contributed by atoms with Crippen molar-refractivity contribution < 1.29 is 8.78 Å². The lowest BCUT2D eigenvalue weighted by atomic mass is 10.1. The maximum absolute atomic E-state index is 13.0. The SMILES string of the molecule is CCC(C)CNc1ncc(F)cc1F. The summed E-state index contributed by atoms with van der Waals surface area (Å²) in [6.45, 7) is 4.75. The lowest BCUT2D eigenvalue weighted by Crippen LogP contribution is -2.12. The second kappa shape index (κ2) is 4.88. The molecule has 1 atom stereocenters. The minimum absolute atomic E-state index is 0.117. The van der Waals surface area contributed by atoms with Crippen molar-refractivity contribution in [1.82, 2.24) is 4.98 Å². The first-order valence-corrected chi connectivity index (χ1v) is 4.68. The van der Waals surface area contributed by atoms with Crippen molar-refractivity contribution in [2.24, 2.45) is 5.92 Å². The average Bonchev–Trinajstić information content (AvgIpc) is 2.16. The number of halogens is 2. The largest absolute Gasteiger partial charge is 0.367 e. The zero-order chi connectivity index (χ0) is 10.6. The van der Waals surface area contributed by atoms with E-state index in [1.807, 2.05) is 0 Å². The number of hydrogen-bond acceptors (Lipinski definition) is 2. The van der Waals surface area contributed by atoms with E-state index < -0.39 is 11.6 Å². The van der Waals surface area contributed by atoms with Crippen LogP contribution in [0.25, 0.3) is 0 Å². The van der Waals surface area contributed by atoms with Gasteiger partial charge in [-0.3, -0.25) is 0 Å². The van der Waals surface area contributed by atoms with Gasteiger partial charge in [0.2, 0.25) is 0 Å². The Balaban J connectivity index is 2.59. The predicted molar refractivity (Wildman–Crippen MR) is 52.1 cm³/mol. The molecule has 0 aromatic carbocycles. The van der Waals surface area contributed by atoms with Crippen molar-refractivity contribution >= 4 is 5.82 Å². The Kier molecular flexibility index (Phi) is 3.80. The highest BCUT2D eigenvalue weighted by Gasteiger charge is 2.05. The fourth-order valence-electron chi connectivity index (χ4n) is 0.960. The molecule has 1 aromatic rings. The molecule has 1 rings (SSSR count). The van der Waals surface area contributed by atoms with E-state index in [1.165, 1.54) is 0 Å². The van der Waals surface area contributed by atoms with Crippen LogP contribution in [0.1, 0.15) is 20.3 Å². The van der Waals surface area contributed by atoms with Gasteiger partial charge in [-0.25, -0.2) is 13.8 Å². The summed E-state index contributed by atoms with van der Waals surface area (Å²) in [4.78, 5) is 3.62. The van der Waals surface area contributed by atoms with Crippen LogP contribution in [0.5, 0.6) is 0 Å². The van der Waals surface area contributed by atoms with Gasteiger partial charge in [0, 0.05) is 12.6 Å². The topological polar surface area (TPSA) is 24.9 Å². The first-order valence-electron chi connectivity index (χ1n) is 4.68. The lowest BCUT2D eigenvalue weighted by molar-refractivity contribution is 0.565. The highest BCUT2D eigenvalue weighted by molar-refractivity contribution is 5.35. The summed E-state index contributed by atoms with van der Waals surface area (Å²) in [6.07, 6.45) is 2.01. The van der Waals surface area contributed by atoms with Gasteiger partial charge in [0.05, 0.1) is 6.20 Å². The molecule has 1 unspecified atom stereocenters. The zero-order valence-electron chi connectivity index (χ0n) is 8.35. The third-order valence-corrected chi connectivity index (χ3v) is 2.12. The van der Waals surface area contributed by atoms with Crippen molar-refractivity contribution in [3.05, 3.63) is 23.9 Å². The van der Waals surface area contributed by atoms with E-state index in [-0.39, 0.29) is 5.82 Å². The third-order valence-electron chi connectivity index (χ3n) is 2.12. The fraction of sp³-hybridized carbons (Fsp3) is 0.500. The molecule has 0 aliphatic heterocycles. The van der Waals surface area contributed by atoms with Crippen LogP contribution in [-0.2, 0) is 0 Å². The molecule has 4 heteroatoms. The number of nitrogens with one attached hydrogen (secondary N) is 1. The standard InChI is InChI=1S/C10H14F2N2/c1-3-7(2)5-13-10-9(12)4-8(11)6-14-10/h4,6-7H,3,5H2,1-2H3,(H,13,14). The van der Waals surface area contributed by atoms with Gasteiger partial charge >= 0.3 is 0 Å². The van der Waals surface area contributed by atoms with E-state index in [4.69, 9.17) is 0 Å². The van der Waals surface area contributed by atoms with Crippen LogP contribution in [0.2, 0.25) is 0 Å². The van der Waals surface area contributed by atoms with Crippen molar-refractivity contribution in [3.8, 4) is 0 Å². The van der Waals surface area contributed by atoms with E-state index in [9.17, 15) is 8.78 Å².